The van der Waals surface area contributed by atoms with Gasteiger partial charge in [0, 0.05) is 25.7 Å². The zero-order valence-corrected chi connectivity index (χ0v) is 6.79. The SMILES string of the molecule is NCC1(O)CCN(C2CC2)C1. The molecule has 0 amide bonds. The Kier molecular flexibility index (Phi) is 1.67. The van der Waals surface area contributed by atoms with Crippen molar-refractivity contribution in [1.29, 1.82) is 0 Å². The van der Waals surface area contributed by atoms with Gasteiger partial charge >= 0.3 is 0 Å². The van der Waals surface area contributed by atoms with Gasteiger partial charge in [0.15, 0.2) is 0 Å². The standard InChI is InChI=1S/C8H16N2O/c9-5-8(11)3-4-10(6-8)7-1-2-7/h7,11H,1-6,9H2. The number of aliphatic hydroxyl groups is 1. The molecule has 1 aliphatic heterocycles. The van der Waals surface area contributed by atoms with Gasteiger partial charge < -0.3 is 10.8 Å². The lowest BCUT2D eigenvalue weighted by atomic mass is 10.0. The number of likely N-dealkylation sites (tertiary alicyclic amines) is 1. The van der Waals surface area contributed by atoms with Gasteiger partial charge in [0.25, 0.3) is 0 Å². The Bertz CT molecular complexity index is 158. The third-order valence-corrected chi connectivity index (χ3v) is 2.81. The minimum Gasteiger partial charge on any atom is -0.387 e. The van der Waals surface area contributed by atoms with Gasteiger partial charge in [0.05, 0.1) is 5.60 Å². The first-order valence-corrected chi connectivity index (χ1v) is 4.40. The molecule has 0 aromatic rings. The molecule has 0 bridgehead atoms. The number of nitrogens with zero attached hydrogens (tertiary/aromatic N) is 1. The quantitative estimate of drug-likeness (QED) is 0.569. The van der Waals surface area contributed by atoms with Crippen LogP contribution in [0.3, 0.4) is 0 Å². The minimum atomic E-state index is -0.567. The summed E-state index contributed by atoms with van der Waals surface area (Å²) in [4.78, 5) is 2.37. The second-order valence-electron chi connectivity index (χ2n) is 3.88. The van der Waals surface area contributed by atoms with E-state index in [2.05, 4.69) is 4.90 Å². The molecule has 2 fully saturated rings. The maximum absolute atomic E-state index is 9.78. The summed E-state index contributed by atoms with van der Waals surface area (Å²) in [6.45, 7) is 2.25. The van der Waals surface area contributed by atoms with Gasteiger partial charge in [-0.15, -0.1) is 0 Å². The van der Waals surface area contributed by atoms with E-state index in [1.807, 2.05) is 0 Å². The van der Waals surface area contributed by atoms with E-state index in [9.17, 15) is 5.11 Å². The summed E-state index contributed by atoms with van der Waals surface area (Å²) in [5.74, 6) is 0. The number of hydrogen-bond donors (Lipinski definition) is 2. The molecule has 3 heteroatoms. The van der Waals surface area contributed by atoms with Crippen LogP contribution in [-0.2, 0) is 0 Å². The van der Waals surface area contributed by atoms with Crippen molar-refractivity contribution >= 4 is 0 Å². The molecule has 0 spiro atoms. The Morgan fingerprint density at radius 3 is 2.73 bits per heavy atom. The van der Waals surface area contributed by atoms with E-state index in [1.165, 1.54) is 12.8 Å². The highest BCUT2D eigenvalue weighted by Gasteiger charge is 2.40. The van der Waals surface area contributed by atoms with Crippen molar-refractivity contribution in [1.82, 2.24) is 4.90 Å². The molecule has 1 saturated heterocycles. The zero-order valence-electron chi connectivity index (χ0n) is 6.79. The van der Waals surface area contributed by atoms with Gasteiger partial charge in [-0.2, -0.15) is 0 Å². The molecule has 0 radical (unpaired) electrons. The highest BCUT2D eigenvalue weighted by molar-refractivity contribution is 4.97. The van der Waals surface area contributed by atoms with Crippen LogP contribution in [0.5, 0.6) is 0 Å². The number of rotatable bonds is 2. The fourth-order valence-corrected chi connectivity index (χ4v) is 1.81. The minimum absolute atomic E-state index is 0.413. The van der Waals surface area contributed by atoms with E-state index in [0.717, 1.165) is 25.6 Å². The van der Waals surface area contributed by atoms with Crippen molar-refractivity contribution in [3.8, 4) is 0 Å². The Morgan fingerprint density at radius 1 is 1.55 bits per heavy atom. The molecule has 2 aliphatic rings. The second kappa shape index (κ2) is 2.44. The molecule has 3 nitrogen and oxygen atoms in total. The van der Waals surface area contributed by atoms with Crippen molar-refractivity contribution < 1.29 is 5.11 Å². The average Bonchev–Trinajstić information content (AvgIpc) is 2.77. The first-order valence-electron chi connectivity index (χ1n) is 4.40. The Morgan fingerprint density at radius 2 is 2.27 bits per heavy atom. The summed E-state index contributed by atoms with van der Waals surface area (Å²) in [6, 6.07) is 0.774. The number of β-amino-alcohol motifs (C(OH)–C–C–N with tert-alkyl or cyclic N) is 1. The lowest BCUT2D eigenvalue weighted by Gasteiger charge is -2.20. The summed E-state index contributed by atoms with van der Waals surface area (Å²) in [5.41, 5.74) is 4.91. The van der Waals surface area contributed by atoms with Crippen LogP contribution in [0.25, 0.3) is 0 Å². The van der Waals surface area contributed by atoms with Crippen LogP contribution in [0.2, 0.25) is 0 Å². The fraction of sp³-hybridized carbons (Fsp3) is 1.00. The summed E-state index contributed by atoms with van der Waals surface area (Å²) >= 11 is 0. The molecule has 1 saturated carbocycles. The summed E-state index contributed by atoms with van der Waals surface area (Å²) in [7, 11) is 0. The Hall–Kier alpha value is -0.120. The number of hydrogen-bond acceptors (Lipinski definition) is 3. The van der Waals surface area contributed by atoms with E-state index in [4.69, 9.17) is 5.73 Å². The van der Waals surface area contributed by atoms with Crippen molar-refractivity contribution in [3.63, 3.8) is 0 Å². The molecule has 2 rings (SSSR count). The highest BCUT2D eigenvalue weighted by Crippen LogP contribution is 2.32. The van der Waals surface area contributed by atoms with E-state index in [-0.39, 0.29) is 0 Å². The molecule has 0 aromatic heterocycles. The monoisotopic (exact) mass is 156 g/mol. The average molecular weight is 156 g/mol. The van der Waals surface area contributed by atoms with Crippen LogP contribution in [0.4, 0.5) is 0 Å². The highest BCUT2D eigenvalue weighted by atomic mass is 16.3. The van der Waals surface area contributed by atoms with Crippen LogP contribution >= 0.6 is 0 Å². The van der Waals surface area contributed by atoms with E-state index < -0.39 is 5.60 Å². The van der Waals surface area contributed by atoms with Gasteiger partial charge in [-0.1, -0.05) is 0 Å². The first kappa shape index (κ1) is 7.53. The molecule has 1 heterocycles. The summed E-state index contributed by atoms with van der Waals surface area (Å²) in [5, 5.41) is 9.78. The van der Waals surface area contributed by atoms with Gasteiger partial charge in [-0.3, -0.25) is 4.90 Å². The molecule has 1 unspecified atom stereocenters. The molecule has 11 heavy (non-hydrogen) atoms. The van der Waals surface area contributed by atoms with Crippen molar-refractivity contribution in [2.45, 2.75) is 30.9 Å². The predicted octanol–water partition coefficient (Wildman–Crippen LogP) is -0.456. The van der Waals surface area contributed by atoms with Crippen LogP contribution in [-0.4, -0.2) is 41.3 Å². The fourth-order valence-electron chi connectivity index (χ4n) is 1.81. The van der Waals surface area contributed by atoms with Crippen LogP contribution in [0.1, 0.15) is 19.3 Å². The molecular formula is C8H16N2O. The maximum Gasteiger partial charge on any atom is 0.0907 e. The third-order valence-electron chi connectivity index (χ3n) is 2.81. The summed E-state index contributed by atoms with van der Waals surface area (Å²) in [6.07, 6.45) is 3.50. The Balaban J connectivity index is 1.91. The van der Waals surface area contributed by atoms with Crippen LogP contribution in [0, 0.1) is 0 Å². The van der Waals surface area contributed by atoms with Crippen LogP contribution in [0.15, 0.2) is 0 Å². The lowest BCUT2D eigenvalue weighted by Crippen LogP contribution is -2.40. The van der Waals surface area contributed by atoms with E-state index in [0.29, 0.717) is 6.54 Å². The smallest absolute Gasteiger partial charge is 0.0907 e. The first-order chi connectivity index (χ1) is 5.23. The largest absolute Gasteiger partial charge is 0.387 e. The lowest BCUT2D eigenvalue weighted by molar-refractivity contribution is 0.0572. The Labute approximate surface area is 67.2 Å². The van der Waals surface area contributed by atoms with Gasteiger partial charge in [-0.05, 0) is 19.3 Å². The molecule has 3 N–H and O–H groups in total. The van der Waals surface area contributed by atoms with Crippen molar-refractivity contribution in [2.24, 2.45) is 5.73 Å². The molecule has 64 valence electrons. The topological polar surface area (TPSA) is 49.5 Å². The van der Waals surface area contributed by atoms with Crippen molar-refractivity contribution in [3.05, 3.63) is 0 Å². The molecular weight excluding hydrogens is 140 g/mol. The predicted molar refractivity (Wildman–Crippen MR) is 43.2 cm³/mol. The van der Waals surface area contributed by atoms with E-state index in [1.54, 1.807) is 0 Å². The second-order valence-corrected chi connectivity index (χ2v) is 3.88. The summed E-state index contributed by atoms with van der Waals surface area (Å²) < 4.78 is 0. The number of nitrogens with two attached hydrogens (primary N) is 1. The molecule has 0 aromatic carbocycles. The van der Waals surface area contributed by atoms with E-state index >= 15 is 0 Å². The zero-order chi connectivity index (χ0) is 7.90. The molecule has 1 aliphatic carbocycles. The normalized spacial score (nSPS) is 39.8. The van der Waals surface area contributed by atoms with Gasteiger partial charge in [-0.25, -0.2) is 0 Å². The third kappa shape index (κ3) is 1.41. The van der Waals surface area contributed by atoms with Gasteiger partial charge in [0.2, 0.25) is 0 Å². The van der Waals surface area contributed by atoms with Crippen molar-refractivity contribution in [2.75, 3.05) is 19.6 Å². The maximum atomic E-state index is 9.78. The van der Waals surface area contributed by atoms with Crippen LogP contribution < -0.4 is 5.73 Å². The molecule has 1 atom stereocenters. The van der Waals surface area contributed by atoms with Gasteiger partial charge in [0.1, 0.15) is 0 Å².